The molecule has 0 aliphatic rings. The van der Waals surface area contributed by atoms with Gasteiger partial charge >= 0.3 is 0 Å². The van der Waals surface area contributed by atoms with E-state index >= 15 is 0 Å². The van der Waals surface area contributed by atoms with Gasteiger partial charge in [-0.05, 0) is 24.3 Å². The zero-order chi connectivity index (χ0) is 13.4. The molecule has 3 rings (SSSR count). The molecule has 0 amide bonds. The monoisotopic (exact) mass is 275 g/mol. The highest BCUT2D eigenvalue weighted by Gasteiger charge is 2.19. The van der Waals surface area contributed by atoms with Crippen LogP contribution in [0.3, 0.4) is 0 Å². The SMILES string of the molecule is O=C(c1cc2cccc(Cl)c2o1)c1ncccc1F. The van der Waals surface area contributed by atoms with Crippen LogP contribution in [0, 0.1) is 5.82 Å². The molecule has 0 bridgehead atoms. The fraction of sp³-hybridized carbons (Fsp3) is 0. The van der Waals surface area contributed by atoms with Crippen molar-refractivity contribution in [1.82, 2.24) is 4.98 Å². The van der Waals surface area contributed by atoms with Crippen molar-refractivity contribution in [1.29, 1.82) is 0 Å². The molecule has 19 heavy (non-hydrogen) atoms. The number of fused-ring (bicyclic) bond motifs is 1. The van der Waals surface area contributed by atoms with Crippen molar-refractivity contribution in [2.75, 3.05) is 0 Å². The van der Waals surface area contributed by atoms with Crippen LogP contribution in [0.4, 0.5) is 4.39 Å². The van der Waals surface area contributed by atoms with Gasteiger partial charge in [0.25, 0.3) is 0 Å². The summed E-state index contributed by atoms with van der Waals surface area (Å²) in [5, 5.41) is 1.09. The van der Waals surface area contributed by atoms with Crippen LogP contribution in [0.2, 0.25) is 5.02 Å². The summed E-state index contributed by atoms with van der Waals surface area (Å²) in [6.45, 7) is 0. The lowest BCUT2D eigenvalue weighted by molar-refractivity contribution is 0.100. The van der Waals surface area contributed by atoms with Crippen molar-refractivity contribution in [3.8, 4) is 0 Å². The number of furan rings is 1. The van der Waals surface area contributed by atoms with Crippen molar-refractivity contribution < 1.29 is 13.6 Å². The van der Waals surface area contributed by atoms with E-state index in [0.29, 0.717) is 16.0 Å². The molecule has 94 valence electrons. The van der Waals surface area contributed by atoms with Gasteiger partial charge in [-0.1, -0.05) is 23.7 Å². The molecule has 0 N–H and O–H groups in total. The largest absolute Gasteiger partial charge is 0.451 e. The van der Waals surface area contributed by atoms with Crippen LogP contribution in [0.1, 0.15) is 16.2 Å². The summed E-state index contributed by atoms with van der Waals surface area (Å²) in [7, 11) is 0. The molecule has 2 aromatic heterocycles. The smallest absolute Gasteiger partial charge is 0.249 e. The standard InChI is InChI=1S/C14H7ClFNO2/c15-9-4-1-3-8-7-11(19-14(8)9)13(18)12-10(16)5-2-6-17-12/h1-7H. The second kappa shape index (κ2) is 4.48. The molecule has 3 nitrogen and oxygen atoms in total. The quantitative estimate of drug-likeness (QED) is 0.667. The highest BCUT2D eigenvalue weighted by atomic mass is 35.5. The lowest BCUT2D eigenvalue weighted by Gasteiger charge is -1.97. The van der Waals surface area contributed by atoms with E-state index < -0.39 is 11.6 Å². The summed E-state index contributed by atoms with van der Waals surface area (Å²) < 4.78 is 18.9. The van der Waals surface area contributed by atoms with Gasteiger partial charge < -0.3 is 4.42 Å². The van der Waals surface area contributed by atoms with E-state index in [0.717, 1.165) is 0 Å². The van der Waals surface area contributed by atoms with E-state index in [1.165, 1.54) is 24.4 Å². The van der Waals surface area contributed by atoms with Crippen LogP contribution < -0.4 is 0 Å². The summed E-state index contributed by atoms with van der Waals surface area (Å²) in [5.41, 5.74) is 0.140. The van der Waals surface area contributed by atoms with E-state index in [1.54, 1.807) is 18.2 Å². The number of pyridine rings is 1. The molecular weight excluding hydrogens is 269 g/mol. The van der Waals surface area contributed by atoms with E-state index in [4.69, 9.17) is 16.0 Å². The Morgan fingerprint density at radius 3 is 2.84 bits per heavy atom. The maximum atomic E-state index is 13.5. The van der Waals surface area contributed by atoms with Gasteiger partial charge in [-0.15, -0.1) is 0 Å². The minimum Gasteiger partial charge on any atom is -0.451 e. The number of hydrogen-bond acceptors (Lipinski definition) is 3. The molecule has 0 aliphatic carbocycles. The molecule has 0 aliphatic heterocycles. The van der Waals surface area contributed by atoms with Gasteiger partial charge in [-0.25, -0.2) is 9.37 Å². The number of benzene rings is 1. The van der Waals surface area contributed by atoms with Crippen LogP contribution in [-0.2, 0) is 0 Å². The number of halogens is 2. The number of carbonyl (C=O) groups excluding carboxylic acids is 1. The van der Waals surface area contributed by atoms with Gasteiger partial charge in [0, 0.05) is 11.6 Å². The summed E-state index contributed by atoms with van der Waals surface area (Å²) in [4.78, 5) is 15.8. The zero-order valence-electron chi connectivity index (χ0n) is 9.56. The van der Waals surface area contributed by atoms with Gasteiger partial charge in [0.15, 0.2) is 17.2 Å². The average molecular weight is 276 g/mol. The Morgan fingerprint density at radius 2 is 2.11 bits per heavy atom. The first-order valence-corrected chi connectivity index (χ1v) is 5.88. The fourth-order valence-electron chi connectivity index (χ4n) is 1.81. The van der Waals surface area contributed by atoms with E-state index in [1.807, 2.05) is 0 Å². The number of aromatic nitrogens is 1. The Morgan fingerprint density at radius 1 is 1.26 bits per heavy atom. The maximum Gasteiger partial charge on any atom is 0.249 e. The average Bonchev–Trinajstić information content (AvgIpc) is 2.84. The van der Waals surface area contributed by atoms with Crippen LogP contribution >= 0.6 is 11.6 Å². The first-order chi connectivity index (χ1) is 9.16. The first-order valence-electron chi connectivity index (χ1n) is 5.50. The van der Waals surface area contributed by atoms with Crippen molar-refractivity contribution in [3.05, 3.63) is 64.9 Å². The topological polar surface area (TPSA) is 43.1 Å². The van der Waals surface area contributed by atoms with E-state index in [-0.39, 0.29) is 11.5 Å². The summed E-state index contributed by atoms with van der Waals surface area (Å²) in [6, 6.07) is 9.28. The molecule has 0 saturated carbocycles. The Bertz CT molecular complexity index is 782. The molecule has 0 spiro atoms. The number of hydrogen-bond donors (Lipinski definition) is 0. The molecule has 0 radical (unpaired) electrons. The number of rotatable bonds is 2. The van der Waals surface area contributed by atoms with E-state index in [2.05, 4.69) is 4.98 Å². The molecule has 0 saturated heterocycles. The predicted octanol–water partition coefficient (Wildman–Crippen LogP) is 3.85. The molecule has 0 fully saturated rings. The molecule has 2 heterocycles. The zero-order valence-corrected chi connectivity index (χ0v) is 10.3. The minimum absolute atomic E-state index is 0.0145. The van der Waals surface area contributed by atoms with Crippen LogP contribution in [0.15, 0.2) is 47.0 Å². The summed E-state index contributed by atoms with van der Waals surface area (Å²) >= 11 is 5.96. The lowest BCUT2D eigenvalue weighted by Crippen LogP contribution is -2.05. The Balaban J connectivity index is 2.12. The molecule has 5 heteroatoms. The second-order valence-corrected chi connectivity index (χ2v) is 4.34. The fourth-order valence-corrected chi connectivity index (χ4v) is 2.03. The van der Waals surface area contributed by atoms with E-state index in [9.17, 15) is 9.18 Å². The third kappa shape index (κ3) is 2.00. The number of ketones is 1. The summed E-state index contributed by atoms with van der Waals surface area (Å²) in [5.74, 6) is -1.27. The molecule has 1 aromatic carbocycles. The normalized spacial score (nSPS) is 10.8. The van der Waals surface area contributed by atoms with Crippen LogP contribution in [-0.4, -0.2) is 10.8 Å². The number of carbonyl (C=O) groups is 1. The van der Waals surface area contributed by atoms with Crippen LogP contribution in [0.25, 0.3) is 11.0 Å². The molecule has 3 aromatic rings. The maximum absolute atomic E-state index is 13.5. The molecule has 0 unspecified atom stereocenters. The minimum atomic E-state index is -0.681. The number of nitrogens with zero attached hydrogens (tertiary/aromatic N) is 1. The summed E-state index contributed by atoms with van der Waals surface area (Å²) in [6.07, 6.45) is 1.35. The van der Waals surface area contributed by atoms with Gasteiger partial charge in [-0.2, -0.15) is 0 Å². The van der Waals surface area contributed by atoms with Gasteiger partial charge in [0.1, 0.15) is 5.69 Å². The van der Waals surface area contributed by atoms with Gasteiger partial charge in [0.05, 0.1) is 5.02 Å². The Labute approximate surface area is 112 Å². The highest BCUT2D eigenvalue weighted by Crippen LogP contribution is 2.27. The first kappa shape index (κ1) is 11.9. The third-order valence-electron chi connectivity index (χ3n) is 2.69. The lowest BCUT2D eigenvalue weighted by atomic mass is 10.2. The molecule has 0 atom stereocenters. The highest BCUT2D eigenvalue weighted by molar-refractivity contribution is 6.35. The third-order valence-corrected chi connectivity index (χ3v) is 2.99. The second-order valence-electron chi connectivity index (χ2n) is 3.93. The van der Waals surface area contributed by atoms with Gasteiger partial charge in [0.2, 0.25) is 5.78 Å². The van der Waals surface area contributed by atoms with Crippen molar-refractivity contribution in [3.63, 3.8) is 0 Å². The Hall–Kier alpha value is -2.20. The van der Waals surface area contributed by atoms with Crippen molar-refractivity contribution >= 4 is 28.4 Å². The van der Waals surface area contributed by atoms with Crippen molar-refractivity contribution in [2.45, 2.75) is 0 Å². The Kier molecular flexibility index (Phi) is 2.80. The predicted molar refractivity (Wildman–Crippen MR) is 68.9 cm³/mol. The van der Waals surface area contributed by atoms with Crippen molar-refractivity contribution in [2.24, 2.45) is 0 Å². The van der Waals surface area contributed by atoms with Gasteiger partial charge in [-0.3, -0.25) is 4.79 Å². The molecular formula is C14H7ClFNO2. The van der Waals surface area contributed by atoms with Crippen LogP contribution in [0.5, 0.6) is 0 Å². The number of para-hydroxylation sites is 1.